The van der Waals surface area contributed by atoms with E-state index in [4.69, 9.17) is 5.10 Å². The molecule has 1 aromatic heterocycles. The average molecular weight is 491 g/mol. The highest BCUT2D eigenvalue weighted by Gasteiger charge is 2.40. The van der Waals surface area contributed by atoms with E-state index in [0.29, 0.717) is 11.1 Å². The first kappa shape index (κ1) is 24.5. The van der Waals surface area contributed by atoms with Gasteiger partial charge < -0.3 is 0 Å². The van der Waals surface area contributed by atoms with Gasteiger partial charge in [-0.25, -0.2) is 4.68 Å². The van der Waals surface area contributed by atoms with Crippen LogP contribution in [0.1, 0.15) is 54.9 Å². The van der Waals surface area contributed by atoms with Crippen LogP contribution in [-0.2, 0) is 9.59 Å². The fraction of sp³-hybridized carbons (Fsp3) is 0.290. The maximum atomic E-state index is 13.8. The van der Waals surface area contributed by atoms with Crippen molar-refractivity contribution in [3.05, 3.63) is 87.6 Å². The lowest BCUT2D eigenvalue weighted by atomic mass is 9.91. The summed E-state index contributed by atoms with van der Waals surface area (Å²) in [5.41, 5.74) is 7.64. The van der Waals surface area contributed by atoms with Gasteiger partial charge in [0.05, 0.1) is 5.69 Å². The van der Waals surface area contributed by atoms with Gasteiger partial charge in [0.15, 0.2) is 0 Å². The second kappa shape index (κ2) is 9.67. The summed E-state index contributed by atoms with van der Waals surface area (Å²) < 4.78 is 1.82. The predicted molar refractivity (Wildman–Crippen MR) is 144 cm³/mol. The molecule has 2 aromatic carbocycles. The van der Waals surface area contributed by atoms with E-state index in [1.807, 2.05) is 47.3 Å². The van der Waals surface area contributed by atoms with Crippen LogP contribution in [0, 0.1) is 32.1 Å². The largest absolute Gasteiger partial charge is 0.271 e. The van der Waals surface area contributed by atoms with Crippen molar-refractivity contribution in [3.8, 4) is 23.0 Å². The van der Waals surface area contributed by atoms with Crippen molar-refractivity contribution < 1.29 is 9.59 Å². The number of amides is 2. The molecule has 2 aliphatic rings. The van der Waals surface area contributed by atoms with Crippen LogP contribution in [0.5, 0.6) is 0 Å². The predicted octanol–water partition coefficient (Wildman–Crippen LogP) is 6.00. The number of hydrogen-bond donors (Lipinski definition) is 0. The Morgan fingerprint density at radius 2 is 1.62 bits per heavy atom. The van der Waals surface area contributed by atoms with E-state index >= 15 is 0 Å². The second-order valence-electron chi connectivity index (χ2n) is 10.1. The monoisotopic (exact) mass is 490 g/mol. The maximum Gasteiger partial charge on any atom is 0.271 e. The molecule has 0 spiro atoms. The molecule has 0 unspecified atom stereocenters. The van der Waals surface area contributed by atoms with E-state index in [0.717, 1.165) is 59.3 Å². The molecule has 1 fully saturated rings. The molecule has 1 aliphatic heterocycles. The molecular weight excluding hydrogens is 460 g/mol. The van der Waals surface area contributed by atoms with Crippen LogP contribution in [-0.4, -0.2) is 32.5 Å². The summed E-state index contributed by atoms with van der Waals surface area (Å²) in [7, 11) is 0. The van der Waals surface area contributed by atoms with E-state index in [1.165, 1.54) is 10.5 Å². The number of aromatic nitrogens is 2. The molecule has 37 heavy (non-hydrogen) atoms. The highest BCUT2D eigenvalue weighted by atomic mass is 16.2. The van der Waals surface area contributed by atoms with Crippen molar-refractivity contribution in [2.45, 2.75) is 59.4 Å². The molecule has 1 saturated carbocycles. The molecule has 0 bridgehead atoms. The van der Waals surface area contributed by atoms with Crippen molar-refractivity contribution in [1.29, 1.82) is 5.26 Å². The first-order valence-corrected chi connectivity index (χ1v) is 12.7. The summed E-state index contributed by atoms with van der Waals surface area (Å²) in [6.07, 6.45) is 7.24. The van der Waals surface area contributed by atoms with Crippen LogP contribution in [0.25, 0.3) is 23.0 Å². The van der Waals surface area contributed by atoms with Crippen molar-refractivity contribution in [2.75, 3.05) is 0 Å². The van der Waals surface area contributed by atoms with Crippen LogP contribution in [0.2, 0.25) is 0 Å². The first-order valence-electron chi connectivity index (χ1n) is 12.7. The van der Waals surface area contributed by atoms with Crippen molar-refractivity contribution >= 4 is 17.9 Å². The Balaban J connectivity index is 1.73. The minimum absolute atomic E-state index is 0.0393. The first-order chi connectivity index (χ1) is 17.8. The normalized spacial score (nSPS) is 17.7. The second-order valence-corrected chi connectivity index (χ2v) is 10.1. The van der Waals surface area contributed by atoms with E-state index in [9.17, 15) is 14.9 Å². The number of carbonyl (C=O) groups excluding carboxylic acids is 2. The number of rotatable bonds is 4. The SMILES string of the molecule is CC1=C(C#N)C(=O)N(C2CCCC2)C(=O)/C1=C/c1cn(-c2ccccc2)nc1-c1c(C)cc(C)cc1C. The topological polar surface area (TPSA) is 79.0 Å². The third kappa shape index (κ3) is 4.31. The quantitative estimate of drug-likeness (QED) is 0.332. The highest BCUT2D eigenvalue weighted by molar-refractivity contribution is 6.20. The van der Waals surface area contributed by atoms with Gasteiger partial charge in [0, 0.05) is 28.9 Å². The molecule has 0 saturated heterocycles. The van der Waals surface area contributed by atoms with Crippen LogP contribution in [0.15, 0.2) is 65.4 Å². The molecule has 1 aliphatic carbocycles. The van der Waals surface area contributed by atoms with Gasteiger partial charge in [-0.1, -0.05) is 48.7 Å². The van der Waals surface area contributed by atoms with E-state index in [2.05, 4.69) is 39.0 Å². The molecule has 6 heteroatoms. The molecule has 6 nitrogen and oxygen atoms in total. The van der Waals surface area contributed by atoms with Crippen molar-refractivity contribution in [1.82, 2.24) is 14.7 Å². The maximum absolute atomic E-state index is 13.8. The molecular formula is C31H30N4O2. The average Bonchev–Trinajstić information content (AvgIpc) is 3.53. The number of nitrogens with zero attached hydrogens (tertiary/aromatic N) is 4. The molecule has 2 heterocycles. The zero-order chi connectivity index (χ0) is 26.3. The number of carbonyl (C=O) groups is 2. The minimum Gasteiger partial charge on any atom is -0.271 e. The van der Waals surface area contributed by atoms with Crippen molar-refractivity contribution in [3.63, 3.8) is 0 Å². The number of imide groups is 1. The fourth-order valence-corrected chi connectivity index (χ4v) is 5.70. The molecule has 0 radical (unpaired) electrons. The highest BCUT2D eigenvalue weighted by Crippen LogP contribution is 2.36. The molecule has 0 N–H and O–H groups in total. The lowest BCUT2D eigenvalue weighted by molar-refractivity contribution is -0.143. The molecule has 3 aromatic rings. The number of para-hydroxylation sites is 1. The molecule has 2 amide bonds. The third-order valence-electron chi connectivity index (χ3n) is 7.44. The van der Waals surface area contributed by atoms with Gasteiger partial charge in [0.25, 0.3) is 11.8 Å². The summed E-state index contributed by atoms with van der Waals surface area (Å²) in [5, 5.41) is 14.8. The van der Waals surface area contributed by atoms with E-state index in [-0.39, 0.29) is 17.5 Å². The zero-order valence-electron chi connectivity index (χ0n) is 21.7. The minimum atomic E-state index is -0.473. The standard InChI is InChI=1S/C31H30N4O2/c1-19-14-20(2)28(21(3)15-19)29-23(18-34(33-29)24-10-6-5-7-11-24)16-26-22(4)27(17-32)31(37)35(30(26)36)25-12-8-9-13-25/h5-7,10-11,14-16,18,25H,8-9,12-13H2,1-4H3/b26-16+. The Hall–Kier alpha value is -4.24. The smallest absolute Gasteiger partial charge is 0.271 e. The van der Waals surface area contributed by atoms with Crippen LogP contribution in [0.4, 0.5) is 0 Å². The van der Waals surface area contributed by atoms with E-state index < -0.39 is 5.91 Å². The Morgan fingerprint density at radius 3 is 2.24 bits per heavy atom. The van der Waals surface area contributed by atoms with Gasteiger partial charge in [0.2, 0.25) is 0 Å². The summed E-state index contributed by atoms with van der Waals surface area (Å²) in [5.74, 6) is -0.802. The third-order valence-corrected chi connectivity index (χ3v) is 7.44. The van der Waals surface area contributed by atoms with Crippen molar-refractivity contribution in [2.24, 2.45) is 0 Å². The lowest BCUT2D eigenvalue weighted by Crippen LogP contribution is -2.47. The Morgan fingerprint density at radius 1 is 0.973 bits per heavy atom. The van der Waals surface area contributed by atoms with Crippen LogP contribution in [0.3, 0.4) is 0 Å². The van der Waals surface area contributed by atoms with Gasteiger partial charge in [-0.15, -0.1) is 0 Å². The molecule has 5 rings (SSSR count). The lowest BCUT2D eigenvalue weighted by Gasteiger charge is -2.32. The summed E-state index contributed by atoms with van der Waals surface area (Å²) in [4.78, 5) is 28.2. The fourth-order valence-electron chi connectivity index (χ4n) is 5.70. The summed E-state index contributed by atoms with van der Waals surface area (Å²) >= 11 is 0. The van der Waals surface area contributed by atoms with E-state index in [1.54, 1.807) is 6.92 Å². The number of hydrogen-bond acceptors (Lipinski definition) is 4. The Bertz CT molecular complexity index is 1490. The van der Waals surface area contributed by atoms with Gasteiger partial charge in [-0.2, -0.15) is 10.4 Å². The molecule has 186 valence electrons. The van der Waals surface area contributed by atoms with Crippen LogP contribution >= 0.6 is 0 Å². The number of benzene rings is 2. The Labute approximate surface area is 217 Å². The number of nitriles is 1. The number of aryl methyl sites for hydroxylation is 3. The Kier molecular flexibility index (Phi) is 6.39. The van der Waals surface area contributed by atoms with Crippen LogP contribution < -0.4 is 0 Å². The molecule has 0 atom stereocenters. The van der Waals surface area contributed by atoms with Gasteiger partial charge in [0.1, 0.15) is 17.3 Å². The summed E-state index contributed by atoms with van der Waals surface area (Å²) in [6.45, 7) is 7.90. The van der Waals surface area contributed by atoms with Gasteiger partial charge in [-0.05, 0) is 75.4 Å². The zero-order valence-corrected chi connectivity index (χ0v) is 21.7. The van der Waals surface area contributed by atoms with Gasteiger partial charge >= 0.3 is 0 Å². The summed E-state index contributed by atoms with van der Waals surface area (Å²) in [6, 6.07) is 16.0. The van der Waals surface area contributed by atoms with Gasteiger partial charge in [-0.3, -0.25) is 14.5 Å².